The van der Waals surface area contributed by atoms with E-state index < -0.39 is 0 Å². The highest BCUT2D eigenvalue weighted by molar-refractivity contribution is 5.82. The lowest BCUT2D eigenvalue weighted by Crippen LogP contribution is -2.18. The van der Waals surface area contributed by atoms with Gasteiger partial charge in [-0.3, -0.25) is 4.79 Å². The molecule has 1 rings (SSSR count). The third-order valence-corrected chi connectivity index (χ3v) is 1.91. The van der Waals surface area contributed by atoms with Crippen molar-refractivity contribution >= 4 is 5.91 Å². The average Bonchev–Trinajstić information content (AvgIpc) is 2.37. The SMILES string of the molecule is CCC(N)=CC1CCNC1=O. The minimum atomic E-state index is 0.0231. The maximum absolute atomic E-state index is 11.0. The normalized spacial score (nSPS) is 25.4. The van der Waals surface area contributed by atoms with Crippen LogP contribution >= 0.6 is 0 Å². The molecule has 1 aliphatic rings. The molecule has 1 amide bonds. The fraction of sp³-hybridized carbons (Fsp3) is 0.625. The Morgan fingerprint density at radius 1 is 1.91 bits per heavy atom. The summed E-state index contributed by atoms with van der Waals surface area (Å²) in [6.45, 7) is 2.77. The highest BCUT2D eigenvalue weighted by Crippen LogP contribution is 2.12. The van der Waals surface area contributed by atoms with Crippen LogP contribution in [0.1, 0.15) is 19.8 Å². The number of carbonyl (C=O) groups excluding carboxylic acids is 1. The van der Waals surface area contributed by atoms with Crippen LogP contribution in [0.2, 0.25) is 0 Å². The minimum Gasteiger partial charge on any atom is -0.402 e. The molecule has 1 heterocycles. The molecule has 1 fully saturated rings. The van der Waals surface area contributed by atoms with Gasteiger partial charge in [0, 0.05) is 12.2 Å². The molecular weight excluding hydrogens is 140 g/mol. The third-order valence-electron chi connectivity index (χ3n) is 1.91. The van der Waals surface area contributed by atoms with Gasteiger partial charge in [-0.15, -0.1) is 0 Å². The number of amides is 1. The fourth-order valence-electron chi connectivity index (χ4n) is 1.15. The summed E-state index contributed by atoms with van der Waals surface area (Å²) in [6.07, 6.45) is 3.58. The number of hydrogen-bond acceptors (Lipinski definition) is 2. The maximum atomic E-state index is 11.0. The predicted octanol–water partition coefficient (Wildman–Crippen LogP) is 0.375. The van der Waals surface area contributed by atoms with Gasteiger partial charge in [0.1, 0.15) is 0 Å². The highest BCUT2D eigenvalue weighted by Gasteiger charge is 2.21. The van der Waals surface area contributed by atoms with Crippen molar-refractivity contribution < 1.29 is 4.79 Å². The molecule has 1 aliphatic heterocycles. The third kappa shape index (κ3) is 1.97. The highest BCUT2D eigenvalue weighted by atomic mass is 16.2. The van der Waals surface area contributed by atoms with Gasteiger partial charge in [-0.1, -0.05) is 13.0 Å². The monoisotopic (exact) mass is 154 g/mol. The van der Waals surface area contributed by atoms with Crippen molar-refractivity contribution in [1.82, 2.24) is 5.32 Å². The van der Waals surface area contributed by atoms with Crippen molar-refractivity contribution in [1.29, 1.82) is 0 Å². The van der Waals surface area contributed by atoms with E-state index >= 15 is 0 Å². The van der Waals surface area contributed by atoms with Crippen LogP contribution in [0, 0.1) is 5.92 Å². The van der Waals surface area contributed by atoms with Crippen LogP contribution in [-0.2, 0) is 4.79 Å². The Labute approximate surface area is 66.6 Å². The van der Waals surface area contributed by atoms with Gasteiger partial charge in [0.15, 0.2) is 0 Å². The molecule has 0 aromatic heterocycles. The Bertz CT molecular complexity index is 187. The number of nitrogens with one attached hydrogen (secondary N) is 1. The van der Waals surface area contributed by atoms with Gasteiger partial charge < -0.3 is 11.1 Å². The molecule has 0 aromatic rings. The first kappa shape index (κ1) is 8.11. The van der Waals surface area contributed by atoms with E-state index in [0.717, 1.165) is 25.1 Å². The van der Waals surface area contributed by atoms with E-state index in [9.17, 15) is 4.79 Å². The van der Waals surface area contributed by atoms with Crippen molar-refractivity contribution in [3.8, 4) is 0 Å². The second-order valence-corrected chi connectivity index (χ2v) is 2.78. The quantitative estimate of drug-likeness (QED) is 0.604. The lowest BCUT2D eigenvalue weighted by Gasteiger charge is -2.00. The Morgan fingerprint density at radius 3 is 3.09 bits per heavy atom. The van der Waals surface area contributed by atoms with Gasteiger partial charge in [0.2, 0.25) is 5.91 Å². The second-order valence-electron chi connectivity index (χ2n) is 2.78. The predicted molar refractivity (Wildman–Crippen MR) is 43.7 cm³/mol. The molecule has 0 aliphatic carbocycles. The number of rotatable bonds is 2. The van der Waals surface area contributed by atoms with E-state index in [4.69, 9.17) is 5.73 Å². The molecule has 3 heteroatoms. The maximum Gasteiger partial charge on any atom is 0.227 e. The Hall–Kier alpha value is -0.990. The molecule has 1 atom stereocenters. The van der Waals surface area contributed by atoms with E-state index in [1.54, 1.807) is 0 Å². The van der Waals surface area contributed by atoms with Gasteiger partial charge in [-0.25, -0.2) is 0 Å². The van der Waals surface area contributed by atoms with Crippen molar-refractivity contribution in [2.75, 3.05) is 6.54 Å². The minimum absolute atomic E-state index is 0.0231. The topological polar surface area (TPSA) is 55.1 Å². The summed E-state index contributed by atoms with van der Waals surface area (Å²) in [5, 5.41) is 2.76. The molecule has 0 radical (unpaired) electrons. The standard InChI is InChI=1S/C8H14N2O/c1-2-7(9)5-6-3-4-10-8(6)11/h5-6H,2-4,9H2,1H3,(H,10,11). The van der Waals surface area contributed by atoms with Gasteiger partial charge >= 0.3 is 0 Å². The summed E-state index contributed by atoms with van der Waals surface area (Å²) in [4.78, 5) is 11.0. The second kappa shape index (κ2) is 3.42. The number of hydrogen-bond donors (Lipinski definition) is 2. The largest absolute Gasteiger partial charge is 0.402 e. The van der Waals surface area contributed by atoms with E-state index in [1.807, 2.05) is 13.0 Å². The van der Waals surface area contributed by atoms with Crippen molar-refractivity contribution in [3.05, 3.63) is 11.8 Å². The van der Waals surface area contributed by atoms with E-state index in [1.165, 1.54) is 0 Å². The van der Waals surface area contributed by atoms with Gasteiger partial charge in [0.05, 0.1) is 5.92 Å². The van der Waals surface area contributed by atoms with Crippen LogP contribution in [0.15, 0.2) is 11.8 Å². The summed E-state index contributed by atoms with van der Waals surface area (Å²) in [5.74, 6) is 0.136. The molecular formula is C8H14N2O. The molecule has 0 aromatic carbocycles. The molecule has 1 unspecified atom stereocenters. The Morgan fingerprint density at radius 2 is 2.64 bits per heavy atom. The van der Waals surface area contributed by atoms with Crippen LogP contribution in [-0.4, -0.2) is 12.5 Å². The molecule has 1 saturated heterocycles. The van der Waals surface area contributed by atoms with E-state index in [0.29, 0.717) is 0 Å². The Kier molecular flexibility index (Phi) is 2.52. The van der Waals surface area contributed by atoms with E-state index in [-0.39, 0.29) is 11.8 Å². The Balaban J connectivity index is 2.54. The van der Waals surface area contributed by atoms with Crippen molar-refractivity contribution in [3.63, 3.8) is 0 Å². The number of carbonyl (C=O) groups is 1. The first-order valence-corrected chi connectivity index (χ1v) is 3.98. The molecule has 62 valence electrons. The average molecular weight is 154 g/mol. The zero-order valence-corrected chi connectivity index (χ0v) is 6.76. The first-order chi connectivity index (χ1) is 5.24. The van der Waals surface area contributed by atoms with Gasteiger partial charge in [-0.05, 0) is 12.8 Å². The van der Waals surface area contributed by atoms with Crippen LogP contribution in [0.4, 0.5) is 0 Å². The molecule has 3 nitrogen and oxygen atoms in total. The summed E-state index contributed by atoms with van der Waals surface area (Å²) in [7, 11) is 0. The van der Waals surface area contributed by atoms with Crippen LogP contribution < -0.4 is 11.1 Å². The molecule has 0 saturated carbocycles. The van der Waals surface area contributed by atoms with Crippen molar-refractivity contribution in [2.24, 2.45) is 11.7 Å². The van der Waals surface area contributed by atoms with Crippen LogP contribution in [0.25, 0.3) is 0 Å². The smallest absolute Gasteiger partial charge is 0.227 e. The molecule has 0 spiro atoms. The van der Waals surface area contributed by atoms with Crippen LogP contribution in [0.3, 0.4) is 0 Å². The summed E-state index contributed by atoms with van der Waals surface area (Å²) in [6, 6.07) is 0. The van der Waals surface area contributed by atoms with E-state index in [2.05, 4.69) is 5.32 Å². The zero-order valence-electron chi connectivity index (χ0n) is 6.76. The summed E-state index contributed by atoms with van der Waals surface area (Å²) >= 11 is 0. The molecule has 0 bridgehead atoms. The molecule has 11 heavy (non-hydrogen) atoms. The van der Waals surface area contributed by atoms with Crippen LogP contribution in [0.5, 0.6) is 0 Å². The number of nitrogens with two attached hydrogens (primary N) is 1. The van der Waals surface area contributed by atoms with Crippen molar-refractivity contribution in [2.45, 2.75) is 19.8 Å². The van der Waals surface area contributed by atoms with Gasteiger partial charge in [0.25, 0.3) is 0 Å². The fourth-order valence-corrected chi connectivity index (χ4v) is 1.15. The van der Waals surface area contributed by atoms with Gasteiger partial charge in [-0.2, -0.15) is 0 Å². The zero-order chi connectivity index (χ0) is 8.27. The number of allylic oxidation sites excluding steroid dienone is 1. The lowest BCUT2D eigenvalue weighted by atomic mass is 10.1. The summed E-state index contributed by atoms with van der Waals surface area (Å²) in [5.41, 5.74) is 6.41. The lowest BCUT2D eigenvalue weighted by molar-refractivity contribution is -0.121. The molecule has 3 N–H and O–H groups in total. The first-order valence-electron chi connectivity index (χ1n) is 3.98. The summed E-state index contributed by atoms with van der Waals surface area (Å²) < 4.78 is 0.